The van der Waals surface area contributed by atoms with E-state index in [0.29, 0.717) is 6.04 Å². The van der Waals surface area contributed by atoms with Gasteiger partial charge in [-0.3, -0.25) is 9.78 Å². The van der Waals surface area contributed by atoms with E-state index in [0.717, 1.165) is 32.2 Å². The van der Waals surface area contributed by atoms with Gasteiger partial charge in [0, 0.05) is 35.9 Å². The van der Waals surface area contributed by atoms with Gasteiger partial charge in [0.05, 0.1) is 11.6 Å². The van der Waals surface area contributed by atoms with Gasteiger partial charge in [-0.15, -0.1) is 11.3 Å². The van der Waals surface area contributed by atoms with Crippen LogP contribution < -0.4 is 10.9 Å². The van der Waals surface area contributed by atoms with E-state index in [1.807, 2.05) is 11.7 Å². The van der Waals surface area contributed by atoms with E-state index in [9.17, 15) is 4.79 Å². The molecule has 0 saturated heterocycles. The Kier molecular flexibility index (Phi) is 4.22. The first kappa shape index (κ1) is 13.5. The van der Waals surface area contributed by atoms with Crippen molar-refractivity contribution in [3.63, 3.8) is 0 Å². The number of hydrogen-bond acceptors (Lipinski definition) is 5. The van der Waals surface area contributed by atoms with Gasteiger partial charge in [0.25, 0.3) is 5.56 Å². The molecule has 1 aliphatic rings. The van der Waals surface area contributed by atoms with Gasteiger partial charge in [0.1, 0.15) is 0 Å². The Morgan fingerprint density at radius 2 is 2.20 bits per heavy atom. The van der Waals surface area contributed by atoms with Gasteiger partial charge < -0.3 is 5.32 Å². The van der Waals surface area contributed by atoms with E-state index in [-0.39, 0.29) is 11.6 Å². The molecule has 0 aliphatic heterocycles. The minimum Gasteiger partial charge on any atom is -0.309 e. The number of nitrogens with one attached hydrogen (secondary N) is 1. The number of hydrogen-bond donors (Lipinski definition) is 1. The maximum Gasteiger partial charge on any atom is 0.266 e. The van der Waals surface area contributed by atoms with Crippen molar-refractivity contribution in [2.75, 3.05) is 0 Å². The van der Waals surface area contributed by atoms with Crippen molar-refractivity contribution in [3.05, 3.63) is 45.3 Å². The lowest BCUT2D eigenvalue weighted by Crippen LogP contribution is -2.36. The minimum atomic E-state index is 0.00793. The fourth-order valence-electron chi connectivity index (χ4n) is 2.74. The standard InChI is InChI=1S/C14H18N4OS/c19-14-2-1-7-17-18(14)12-5-3-11(4-6-12)16-9-13-8-15-10-20-13/h1-2,7-8,10-12,16H,3-6,9H2. The predicted octanol–water partition coefficient (Wildman–Crippen LogP) is 1.97. The van der Waals surface area contributed by atoms with Crippen LogP contribution in [0.15, 0.2) is 34.8 Å². The molecule has 6 heteroatoms. The van der Waals surface area contributed by atoms with Crippen LogP contribution in [0, 0.1) is 0 Å². The molecule has 2 aromatic rings. The summed E-state index contributed by atoms with van der Waals surface area (Å²) in [6, 6.07) is 4.07. The zero-order valence-electron chi connectivity index (χ0n) is 11.2. The molecule has 3 rings (SSSR count). The fourth-order valence-corrected chi connectivity index (χ4v) is 3.29. The van der Waals surface area contributed by atoms with E-state index < -0.39 is 0 Å². The first-order valence-electron chi connectivity index (χ1n) is 6.97. The second-order valence-electron chi connectivity index (χ2n) is 5.16. The number of thiazole rings is 1. The van der Waals surface area contributed by atoms with Crippen LogP contribution in [0.1, 0.15) is 36.6 Å². The highest BCUT2D eigenvalue weighted by Gasteiger charge is 2.23. The zero-order valence-corrected chi connectivity index (χ0v) is 12.1. The molecule has 106 valence electrons. The molecule has 20 heavy (non-hydrogen) atoms. The highest BCUT2D eigenvalue weighted by molar-refractivity contribution is 7.09. The number of aromatic nitrogens is 3. The van der Waals surface area contributed by atoms with Crippen molar-refractivity contribution in [1.29, 1.82) is 0 Å². The van der Waals surface area contributed by atoms with E-state index in [1.165, 1.54) is 4.88 Å². The van der Waals surface area contributed by atoms with E-state index in [4.69, 9.17) is 0 Å². The smallest absolute Gasteiger partial charge is 0.266 e. The Hall–Kier alpha value is -1.53. The second kappa shape index (κ2) is 6.28. The van der Waals surface area contributed by atoms with Crippen LogP contribution in [0.4, 0.5) is 0 Å². The van der Waals surface area contributed by atoms with Crippen molar-refractivity contribution in [2.45, 2.75) is 44.3 Å². The highest BCUT2D eigenvalue weighted by atomic mass is 32.1. The Morgan fingerprint density at radius 3 is 2.90 bits per heavy atom. The van der Waals surface area contributed by atoms with Crippen molar-refractivity contribution in [2.24, 2.45) is 0 Å². The highest BCUT2D eigenvalue weighted by Crippen LogP contribution is 2.27. The summed E-state index contributed by atoms with van der Waals surface area (Å²) < 4.78 is 1.64. The number of nitrogens with zero attached hydrogens (tertiary/aromatic N) is 3. The first-order chi connectivity index (χ1) is 9.83. The van der Waals surface area contributed by atoms with Crippen molar-refractivity contribution in [1.82, 2.24) is 20.1 Å². The first-order valence-corrected chi connectivity index (χ1v) is 7.85. The Balaban J connectivity index is 1.52. The molecule has 0 bridgehead atoms. The van der Waals surface area contributed by atoms with Crippen LogP contribution in [0.2, 0.25) is 0 Å². The summed E-state index contributed by atoms with van der Waals surface area (Å²) in [6.45, 7) is 0.892. The second-order valence-corrected chi connectivity index (χ2v) is 6.13. The zero-order chi connectivity index (χ0) is 13.8. The summed E-state index contributed by atoms with van der Waals surface area (Å²) >= 11 is 1.68. The molecule has 1 saturated carbocycles. The van der Waals surface area contributed by atoms with Gasteiger partial charge in [0.2, 0.25) is 0 Å². The van der Waals surface area contributed by atoms with Gasteiger partial charge in [-0.25, -0.2) is 4.68 Å². The van der Waals surface area contributed by atoms with Crippen LogP contribution >= 0.6 is 11.3 Å². The third kappa shape index (κ3) is 3.13. The van der Waals surface area contributed by atoms with Crippen molar-refractivity contribution in [3.8, 4) is 0 Å². The Labute approximate surface area is 121 Å². The van der Waals surface area contributed by atoms with E-state index >= 15 is 0 Å². The summed E-state index contributed by atoms with van der Waals surface area (Å²) in [5, 5.41) is 7.76. The minimum absolute atomic E-state index is 0.00793. The maximum atomic E-state index is 11.8. The molecule has 0 radical (unpaired) electrons. The third-order valence-corrected chi connectivity index (χ3v) is 4.61. The molecule has 0 spiro atoms. The molecule has 1 fully saturated rings. The molecule has 2 aromatic heterocycles. The average Bonchev–Trinajstić information content (AvgIpc) is 3.00. The monoisotopic (exact) mass is 290 g/mol. The fraction of sp³-hybridized carbons (Fsp3) is 0.500. The summed E-state index contributed by atoms with van der Waals surface area (Å²) in [7, 11) is 0. The van der Waals surface area contributed by atoms with Crippen molar-refractivity contribution >= 4 is 11.3 Å². The van der Waals surface area contributed by atoms with Crippen LogP contribution in [-0.2, 0) is 6.54 Å². The summed E-state index contributed by atoms with van der Waals surface area (Å²) in [6.07, 6.45) is 7.81. The van der Waals surface area contributed by atoms with Gasteiger partial charge in [-0.2, -0.15) is 5.10 Å². The summed E-state index contributed by atoms with van der Waals surface area (Å²) in [5.41, 5.74) is 1.87. The molecule has 1 aliphatic carbocycles. The largest absolute Gasteiger partial charge is 0.309 e. The third-order valence-electron chi connectivity index (χ3n) is 3.83. The quantitative estimate of drug-likeness (QED) is 0.935. The predicted molar refractivity (Wildman–Crippen MR) is 78.7 cm³/mol. The molecule has 2 heterocycles. The molecular weight excluding hydrogens is 272 g/mol. The van der Waals surface area contributed by atoms with Crippen LogP contribution in [0.5, 0.6) is 0 Å². The van der Waals surface area contributed by atoms with Crippen molar-refractivity contribution < 1.29 is 0 Å². The lowest BCUT2D eigenvalue weighted by Gasteiger charge is -2.29. The van der Waals surface area contributed by atoms with Crippen LogP contribution in [-0.4, -0.2) is 20.8 Å². The molecule has 5 nitrogen and oxygen atoms in total. The SMILES string of the molecule is O=c1cccnn1C1CCC(NCc2cncs2)CC1. The van der Waals surface area contributed by atoms with Crippen LogP contribution in [0.3, 0.4) is 0 Å². The normalized spacial score (nSPS) is 22.8. The molecule has 0 unspecified atom stereocenters. The topological polar surface area (TPSA) is 59.8 Å². The summed E-state index contributed by atoms with van der Waals surface area (Å²) in [4.78, 5) is 17.1. The van der Waals surface area contributed by atoms with Gasteiger partial charge in [-0.1, -0.05) is 0 Å². The van der Waals surface area contributed by atoms with E-state index in [2.05, 4.69) is 15.4 Å². The lowest BCUT2D eigenvalue weighted by atomic mass is 9.91. The molecule has 0 atom stereocenters. The molecule has 0 amide bonds. The molecule has 1 N–H and O–H groups in total. The average molecular weight is 290 g/mol. The van der Waals surface area contributed by atoms with Gasteiger partial charge in [0.15, 0.2) is 0 Å². The summed E-state index contributed by atoms with van der Waals surface area (Å²) in [5.74, 6) is 0. The molecular formula is C14H18N4OS. The maximum absolute atomic E-state index is 11.8. The Bertz CT molecular complexity index is 587. The van der Waals surface area contributed by atoms with Crippen LogP contribution in [0.25, 0.3) is 0 Å². The number of rotatable bonds is 4. The van der Waals surface area contributed by atoms with E-state index in [1.54, 1.807) is 34.3 Å². The Morgan fingerprint density at radius 1 is 1.35 bits per heavy atom. The lowest BCUT2D eigenvalue weighted by molar-refractivity contribution is 0.269. The van der Waals surface area contributed by atoms with Gasteiger partial charge >= 0.3 is 0 Å². The molecule has 0 aromatic carbocycles. The van der Waals surface area contributed by atoms with Gasteiger partial charge in [-0.05, 0) is 31.7 Å².